The van der Waals surface area contributed by atoms with E-state index in [0.717, 1.165) is 5.69 Å². The molecule has 0 fully saturated rings. The van der Waals surface area contributed by atoms with E-state index in [2.05, 4.69) is 49.2 Å². The monoisotopic (exact) mass is 286 g/mol. The summed E-state index contributed by atoms with van der Waals surface area (Å²) in [6.07, 6.45) is 6.38. The van der Waals surface area contributed by atoms with Crippen LogP contribution in [0.4, 0.5) is 0 Å². The molecule has 0 amide bonds. The fourth-order valence-corrected chi connectivity index (χ4v) is 2.70. The minimum atomic E-state index is 0.212. The lowest BCUT2D eigenvalue weighted by atomic mass is 10.1. The number of hydrogen-bond donors (Lipinski definition) is 1. The Labute approximate surface area is 127 Å². The molecule has 0 saturated heterocycles. The van der Waals surface area contributed by atoms with Crippen molar-refractivity contribution in [2.45, 2.75) is 38.8 Å². The van der Waals surface area contributed by atoms with E-state index in [4.69, 9.17) is 5.73 Å². The highest BCUT2D eigenvalue weighted by atomic mass is 15.3. The average molecular weight is 286 g/mol. The molecule has 2 aromatic rings. The molecule has 0 aliphatic carbocycles. The summed E-state index contributed by atoms with van der Waals surface area (Å²) >= 11 is 0. The molecule has 2 atom stereocenters. The Morgan fingerprint density at radius 2 is 2.00 bits per heavy atom. The molecule has 0 aliphatic heterocycles. The molecule has 2 N–H and O–H groups in total. The van der Waals surface area contributed by atoms with Gasteiger partial charge in [-0.25, -0.2) is 4.68 Å². The van der Waals surface area contributed by atoms with Gasteiger partial charge < -0.3 is 5.73 Å². The number of nitrogens with zero attached hydrogens (tertiary/aromatic N) is 3. The molecule has 1 heterocycles. The molecular formula is C17H26N4. The number of likely N-dealkylation sites (N-methyl/N-ethyl adjacent to an activating group) is 1. The Morgan fingerprint density at radius 1 is 1.29 bits per heavy atom. The summed E-state index contributed by atoms with van der Waals surface area (Å²) in [6.45, 7) is 5.08. The standard InChI is InChI=1S/C17H26N4/c1-4-8-14(2)20(3)17(11-18)15-12-19-21(13-15)16-9-6-5-7-10-16/h5-7,9-10,12-14,17H,4,8,11,18H2,1-3H3. The van der Waals surface area contributed by atoms with Gasteiger partial charge >= 0.3 is 0 Å². The fourth-order valence-electron chi connectivity index (χ4n) is 2.70. The van der Waals surface area contributed by atoms with Gasteiger partial charge in [0, 0.05) is 24.3 Å². The van der Waals surface area contributed by atoms with Crippen molar-refractivity contribution in [2.24, 2.45) is 5.73 Å². The van der Waals surface area contributed by atoms with E-state index in [1.807, 2.05) is 29.1 Å². The van der Waals surface area contributed by atoms with E-state index in [1.165, 1.54) is 18.4 Å². The van der Waals surface area contributed by atoms with Crippen LogP contribution in [0, 0.1) is 0 Å². The molecule has 2 rings (SSSR count). The van der Waals surface area contributed by atoms with Crippen molar-refractivity contribution < 1.29 is 0 Å². The largest absolute Gasteiger partial charge is 0.329 e. The lowest BCUT2D eigenvalue weighted by Crippen LogP contribution is -2.36. The second-order valence-electron chi connectivity index (χ2n) is 5.61. The third-order valence-corrected chi connectivity index (χ3v) is 4.12. The van der Waals surface area contributed by atoms with Gasteiger partial charge in [-0.3, -0.25) is 4.90 Å². The van der Waals surface area contributed by atoms with Gasteiger partial charge in [0.2, 0.25) is 0 Å². The van der Waals surface area contributed by atoms with Gasteiger partial charge in [0.25, 0.3) is 0 Å². The Bertz CT molecular complexity index is 535. The van der Waals surface area contributed by atoms with E-state index in [0.29, 0.717) is 12.6 Å². The SMILES string of the molecule is CCCC(C)N(C)C(CN)c1cnn(-c2ccccc2)c1. The molecular weight excluding hydrogens is 260 g/mol. The second kappa shape index (κ2) is 7.38. The van der Waals surface area contributed by atoms with E-state index in [1.54, 1.807) is 0 Å². The summed E-state index contributed by atoms with van der Waals surface area (Å²) in [4.78, 5) is 2.36. The zero-order valence-corrected chi connectivity index (χ0v) is 13.2. The van der Waals surface area contributed by atoms with Crippen molar-refractivity contribution in [2.75, 3.05) is 13.6 Å². The summed E-state index contributed by atoms with van der Waals surface area (Å²) in [7, 11) is 2.15. The maximum absolute atomic E-state index is 6.01. The lowest BCUT2D eigenvalue weighted by molar-refractivity contribution is 0.180. The highest BCUT2D eigenvalue weighted by Gasteiger charge is 2.21. The van der Waals surface area contributed by atoms with Crippen LogP contribution in [0.3, 0.4) is 0 Å². The molecule has 4 heteroatoms. The van der Waals surface area contributed by atoms with Crippen molar-refractivity contribution in [1.82, 2.24) is 14.7 Å². The van der Waals surface area contributed by atoms with Gasteiger partial charge in [0.15, 0.2) is 0 Å². The van der Waals surface area contributed by atoms with E-state index in [-0.39, 0.29) is 6.04 Å². The van der Waals surface area contributed by atoms with Crippen molar-refractivity contribution in [3.63, 3.8) is 0 Å². The maximum atomic E-state index is 6.01. The summed E-state index contributed by atoms with van der Waals surface area (Å²) in [6, 6.07) is 10.9. The quantitative estimate of drug-likeness (QED) is 0.851. The van der Waals surface area contributed by atoms with Crippen LogP contribution >= 0.6 is 0 Å². The van der Waals surface area contributed by atoms with Crippen LogP contribution in [0.15, 0.2) is 42.7 Å². The Hall–Kier alpha value is -1.65. The summed E-state index contributed by atoms with van der Waals surface area (Å²) < 4.78 is 1.91. The van der Waals surface area contributed by atoms with E-state index in [9.17, 15) is 0 Å². The number of nitrogens with two attached hydrogens (primary N) is 1. The van der Waals surface area contributed by atoms with E-state index < -0.39 is 0 Å². The molecule has 1 aromatic carbocycles. The number of aromatic nitrogens is 2. The van der Waals surface area contributed by atoms with Crippen molar-refractivity contribution in [3.8, 4) is 5.69 Å². The van der Waals surface area contributed by atoms with Crippen LogP contribution in [0.2, 0.25) is 0 Å². The smallest absolute Gasteiger partial charge is 0.0645 e. The minimum Gasteiger partial charge on any atom is -0.329 e. The van der Waals surface area contributed by atoms with Gasteiger partial charge in [-0.2, -0.15) is 5.10 Å². The first-order valence-electron chi connectivity index (χ1n) is 7.69. The Kier molecular flexibility index (Phi) is 5.53. The van der Waals surface area contributed by atoms with Gasteiger partial charge in [0.05, 0.1) is 17.9 Å². The molecule has 0 aliphatic rings. The van der Waals surface area contributed by atoms with Gasteiger partial charge in [0.1, 0.15) is 0 Å². The summed E-state index contributed by atoms with van der Waals surface area (Å²) in [5.41, 5.74) is 8.25. The molecule has 2 unspecified atom stereocenters. The fraction of sp³-hybridized carbons (Fsp3) is 0.471. The van der Waals surface area contributed by atoms with Gasteiger partial charge in [-0.15, -0.1) is 0 Å². The van der Waals surface area contributed by atoms with Crippen LogP contribution in [0.1, 0.15) is 38.3 Å². The zero-order chi connectivity index (χ0) is 15.2. The summed E-state index contributed by atoms with van der Waals surface area (Å²) in [5.74, 6) is 0. The van der Waals surface area contributed by atoms with Crippen LogP contribution in [0.25, 0.3) is 5.69 Å². The third kappa shape index (κ3) is 3.71. The first kappa shape index (κ1) is 15.7. The number of benzene rings is 1. The predicted molar refractivity (Wildman–Crippen MR) is 87.5 cm³/mol. The molecule has 0 radical (unpaired) electrons. The number of para-hydroxylation sites is 1. The number of rotatable bonds is 7. The molecule has 1 aromatic heterocycles. The lowest BCUT2D eigenvalue weighted by Gasteiger charge is -2.31. The highest BCUT2D eigenvalue weighted by molar-refractivity contribution is 5.31. The first-order chi connectivity index (χ1) is 10.2. The van der Waals surface area contributed by atoms with Gasteiger partial charge in [-0.05, 0) is 32.5 Å². The highest BCUT2D eigenvalue weighted by Crippen LogP contribution is 2.22. The molecule has 21 heavy (non-hydrogen) atoms. The van der Waals surface area contributed by atoms with Gasteiger partial charge in [-0.1, -0.05) is 31.5 Å². The van der Waals surface area contributed by atoms with Crippen LogP contribution < -0.4 is 5.73 Å². The zero-order valence-electron chi connectivity index (χ0n) is 13.2. The van der Waals surface area contributed by atoms with Crippen LogP contribution in [-0.4, -0.2) is 34.3 Å². The van der Waals surface area contributed by atoms with Crippen molar-refractivity contribution in [1.29, 1.82) is 0 Å². The van der Waals surface area contributed by atoms with Crippen molar-refractivity contribution >= 4 is 0 Å². The summed E-state index contributed by atoms with van der Waals surface area (Å²) in [5, 5.41) is 4.48. The maximum Gasteiger partial charge on any atom is 0.0645 e. The Morgan fingerprint density at radius 3 is 2.62 bits per heavy atom. The predicted octanol–water partition coefficient (Wildman–Crippen LogP) is 2.99. The molecule has 4 nitrogen and oxygen atoms in total. The molecule has 0 saturated carbocycles. The normalized spacial score (nSPS) is 14.3. The average Bonchev–Trinajstić information content (AvgIpc) is 2.98. The topological polar surface area (TPSA) is 47.1 Å². The second-order valence-corrected chi connectivity index (χ2v) is 5.61. The van der Waals surface area contributed by atoms with Crippen LogP contribution in [-0.2, 0) is 0 Å². The first-order valence-corrected chi connectivity index (χ1v) is 7.69. The number of hydrogen-bond acceptors (Lipinski definition) is 3. The molecule has 0 spiro atoms. The van der Waals surface area contributed by atoms with Crippen molar-refractivity contribution in [3.05, 3.63) is 48.3 Å². The molecule has 114 valence electrons. The molecule has 0 bridgehead atoms. The van der Waals surface area contributed by atoms with E-state index >= 15 is 0 Å². The minimum absolute atomic E-state index is 0.212. The Balaban J connectivity index is 2.18. The van der Waals surface area contributed by atoms with Crippen LogP contribution in [0.5, 0.6) is 0 Å². The third-order valence-electron chi connectivity index (χ3n) is 4.12.